The second kappa shape index (κ2) is 6.68. The smallest absolute Gasteiger partial charge is 0.164 e. The Morgan fingerprint density at radius 3 is 2.67 bits per heavy atom. The van der Waals surface area contributed by atoms with Crippen molar-refractivity contribution in [3.05, 3.63) is 33.3 Å². The molecule has 0 amide bonds. The number of sulfone groups is 1. The minimum Gasteiger partial charge on any atom is -0.294 e. The summed E-state index contributed by atoms with van der Waals surface area (Å²) in [5.74, 6) is 0.0206. The second-order valence-electron chi connectivity index (χ2n) is 3.89. The molecule has 0 bridgehead atoms. The van der Waals surface area contributed by atoms with E-state index in [0.29, 0.717) is 17.0 Å². The quantitative estimate of drug-likeness (QED) is 0.735. The average Bonchev–Trinajstić information content (AvgIpc) is 2.32. The molecule has 0 spiro atoms. The summed E-state index contributed by atoms with van der Waals surface area (Å²) in [6.07, 6.45) is 0.521. The van der Waals surface area contributed by atoms with E-state index in [0.717, 1.165) is 4.47 Å². The van der Waals surface area contributed by atoms with Crippen molar-refractivity contribution in [2.24, 2.45) is 0 Å². The summed E-state index contributed by atoms with van der Waals surface area (Å²) in [6, 6.07) is 5.04. The highest BCUT2D eigenvalue weighted by Crippen LogP contribution is 2.22. The number of hydrogen-bond acceptors (Lipinski definition) is 3. The topological polar surface area (TPSA) is 51.2 Å². The number of ketones is 1. The van der Waals surface area contributed by atoms with E-state index in [1.807, 2.05) is 0 Å². The number of halogens is 2. The Kier molecular flexibility index (Phi) is 5.82. The fourth-order valence-corrected chi connectivity index (χ4v) is 2.90. The van der Waals surface area contributed by atoms with Crippen molar-refractivity contribution in [3.63, 3.8) is 0 Å². The van der Waals surface area contributed by atoms with Crippen LogP contribution in [0, 0.1) is 0 Å². The maximum absolute atomic E-state index is 11.9. The van der Waals surface area contributed by atoms with Crippen LogP contribution in [0.2, 0.25) is 5.02 Å². The molecule has 1 aromatic carbocycles. The first-order chi connectivity index (χ1) is 8.35. The fraction of sp³-hybridized carbons (Fsp3) is 0.417. The first kappa shape index (κ1) is 15.7. The SMILES string of the molecule is CCS(=O)(=O)CCCC(=O)c1cc(Br)ccc1Cl. The molecule has 0 fully saturated rings. The monoisotopic (exact) mass is 352 g/mol. The van der Waals surface area contributed by atoms with Gasteiger partial charge in [0.25, 0.3) is 0 Å². The van der Waals surface area contributed by atoms with Crippen LogP contribution in [0.1, 0.15) is 30.1 Å². The second-order valence-corrected chi connectivity index (χ2v) is 7.68. The van der Waals surface area contributed by atoms with Crippen LogP contribution < -0.4 is 0 Å². The lowest BCUT2D eigenvalue weighted by atomic mass is 10.1. The molecule has 1 rings (SSSR count). The van der Waals surface area contributed by atoms with Gasteiger partial charge >= 0.3 is 0 Å². The van der Waals surface area contributed by atoms with Gasteiger partial charge in [-0.2, -0.15) is 0 Å². The Morgan fingerprint density at radius 1 is 1.39 bits per heavy atom. The number of carbonyl (C=O) groups excluding carboxylic acids is 1. The van der Waals surface area contributed by atoms with E-state index < -0.39 is 9.84 Å². The average molecular weight is 354 g/mol. The van der Waals surface area contributed by atoms with Gasteiger partial charge in [0.05, 0.1) is 10.8 Å². The zero-order chi connectivity index (χ0) is 13.8. The van der Waals surface area contributed by atoms with Crippen molar-refractivity contribution < 1.29 is 13.2 Å². The molecular weight excluding hydrogens is 340 g/mol. The molecule has 0 radical (unpaired) electrons. The molecule has 100 valence electrons. The lowest BCUT2D eigenvalue weighted by Gasteiger charge is -2.04. The van der Waals surface area contributed by atoms with E-state index in [4.69, 9.17) is 11.6 Å². The maximum Gasteiger partial charge on any atom is 0.164 e. The van der Waals surface area contributed by atoms with Gasteiger partial charge in [-0.05, 0) is 24.6 Å². The van der Waals surface area contributed by atoms with Gasteiger partial charge < -0.3 is 0 Å². The highest BCUT2D eigenvalue weighted by molar-refractivity contribution is 9.10. The molecular formula is C12H14BrClO3S. The third kappa shape index (κ3) is 4.71. The van der Waals surface area contributed by atoms with Crippen LogP contribution in [-0.4, -0.2) is 25.7 Å². The Morgan fingerprint density at radius 2 is 2.06 bits per heavy atom. The van der Waals surface area contributed by atoms with Gasteiger partial charge in [0, 0.05) is 22.2 Å². The van der Waals surface area contributed by atoms with Gasteiger partial charge in [-0.1, -0.05) is 34.5 Å². The summed E-state index contributed by atoms with van der Waals surface area (Å²) in [5, 5.41) is 0.390. The summed E-state index contributed by atoms with van der Waals surface area (Å²) >= 11 is 9.20. The standard InChI is InChI=1S/C12H14BrClO3S/c1-2-18(16,17)7-3-4-12(15)10-8-9(13)5-6-11(10)14/h5-6,8H,2-4,7H2,1H3. The molecule has 0 saturated heterocycles. The van der Waals surface area contributed by atoms with E-state index in [2.05, 4.69) is 15.9 Å². The zero-order valence-corrected chi connectivity index (χ0v) is 13.1. The molecule has 18 heavy (non-hydrogen) atoms. The molecule has 0 aliphatic carbocycles. The summed E-state index contributed by atoms with van der Waals surface area (Å²) in [6.45, 7) is 1.60. The summed E-state index contributed by atoms with van der Waals surface area (Å²) in [4.78, 5) is 11.9. The third-order valence-corrected chi connectivity index (χ3v) is 5.14. The molecule has 0 N–H and O–H groups in total. The number of Topliss-reactive ketones (excluding diaryl/α,β-unsaturated/α-hetero) is 1. The van der Waals surface area contributed by atoms with Crippen LogP contribution in [0.3, 0.4) is 0 Å². The molecule has 6 heteroatoms. The Balaban J connectivity index is 2.64. The largest absolute Gasteiger partial charge is 0.294 e. The molecule has 0 atom stereocenters. The Labute approximate surface area is 121 Å². The van der Waals surface area contributed by atoms with Crippen molar-refractivity contribution in [2.75, 3.05) is 11.5 Å². The van der Waals surface area contributed by atoms with Crippen LogP contribution in [-0.2, 0) is 9.84 Å². The van der Waals surface area contributed by atoms with Crippen LogP contribution >= 0.6 is 27.5 Å². The summed E-state index contributed by atoms with van der Waals surface area (Å²) in [7, 11) is -3.01. The van der Waals surface area contributed by atoms with Crippen molar-refractivity contribution in [1.82, 2.24) is 0 Å². The molecule has 0 unspecified atom stereocenters. The van der Waals surface area contributed by atoms with Gasteiger partial charge in [-0.3, -0.25) is 4.79 Å². The van der Waals surface area contributed by atoms with Gasteiger partial charge in [-0.25, -0.2) is 8.42 Å². The molecule has 1 aromatic rings. The molecule has 3 nitrogen and oxygen atoms in total. The normalized spacial score (nSPS) is 11.5. The molecule has 0 aliphatic rings. The minimum atomic E-state index is -3.01. The summed E-state index contributed by atoms with van der Waals surface area (Å²) < 4.78 is 23.4. The first-order valence-electron chi connectivity index (χ1n) is 5.54. The number of carbonyl (C=O) groups is 1. The Hall–Kier alpha value is -0.390. The van der Waals surface area contributed by atoms with E-state index in [-0.39, 0.29) is 23.7 Å². The van der Waals surface area contributed by atoms with Crippen molar-refractivity contribution in [2.45, 2.75) is 19.8 Å². The highest BCUT2D eigenvalue weighted by Gasteiger charge is 2.13. The van der Waals surface area contributed by atoms with Crippen molar-refractivity contribution >= 4 is 43.2 Å². The van der Waals surface area contributed by atoms with Crippen LogP contribution in [0.15, 0.2) is 22.7 Å². The van der Waals surface area contributed by atoms with Crippen LogP contribution in [0.25, 0.3) is 0 Å². The minimum absolute atomic E-state index is 0.0425. The molecule has 0 saturated carbocycles. The van der Waals surface area contributed by atoms with Gasteiger partial charge in [-0.15, -0.1) is 0 Å². The lowest BCUT2D eigenvalue weighted by molar-refractivity contribution is 0.0982. The van der Waals surface area contributed by atoms with Gasteiger partial charge in [0.15, 0.2) is 5.78 Å². The maximum atomic E-state index is 11.9. The van der Waals surface area contributed by atoms with Crippen molar-refractivity contribution in [3.8, 4) is 0 Å². The number of benzene rings is 1. The predicted octanol–water partition coefficient (Wildman–Crippen LogP) is 3.50. The molecule has 0 heterocycles. The van der Waals surface area contributed by atoms with E-state index in [1.54, 1.807) is 25.1 Å². The van der Waals surface area contributed by atoms with E-state index in [1.165, 1.54) is 0 Å². The van der Waals surface area contributed by atoms with Crippen LogP contribution in [0.5, 0.6) is 0 Å². The van der Waals surface area contributed by atoms with Crippen LogP contribution in [0.4, 0.5) is 0 Å². The Bertz CT molecular complexity index is 540. The molecule has 0 aromatic heterocycles. The number of hydrogen-bond donors (Lipinski definition) is 0. The van der Waals surface area contributed by atoms with Gasteiger partial charge in [0.1, 0.15) is 9.84 Å². The highest BCUT2D eigenvalue weighted by atomic mass is 79.9. The molecule has 0 aliphatic heterocycles. The van der Waals surface area contributed by atoms with E-state index >= 15 is 0 Å². The van der Waals surface area contributed by atoms with Gasteiger partial charge in [0.2, 0.25) is 0 Å². The fourth-order valence-electron chi connectivity index (χ4n) is 1.44. The van der Waals surface area contributed by atoms with Crippen molar-refractivity contribution in [1.29, 1.82) is 0 Å². The lowest BCUT2D eigenvalue weighted by Crippen LogP contribution is -2.10. The zero-order valence-electron chi connectivity index (χ0n) is 9.95. The third-order valence-electron chi connectivity index (χ3n) is 2.53. The number of rotatable bonds is 6. The summed E-state index contributed by atoms with van der Waals surface area (Å²) in [5.41, 5.74) is 0.430. The van der Waals surface area contributed by atoms with E-state index in [9.17, 15) is 13.2 Å². The predicted molar refractivity (Wildman–Crippen MR) is 77.0 cm³/mol. The first-order valence-corrected chi connectivity index (χ1v) is 8.53.